The van der Waals surface area contributed by atoms with Gasteiger partial charge in [-0.3, -0.25) is 5.10 Å². The van der Waals surface area contributed by atoms with Gasteiger partial charge in [-0.2, -0.15) is 5.10 Å². The van der Waals surface area contributed by atoms with Crippen molar-refractivity contribution in [3.05, 3.63) is 11.3 Å². The molecule has 1 aromatic heterocycles. The second-order valence-electron chi connectivity index (χ2n) is 3.69. The lowest BCUT2D eigenvalue weighted by Gasteiger charge is -2.04. The van der Waals surface area contributed by atoms with E-state index in [4.69, 9.17) is 0 Å². The second kappa shape index (κ2) is 4.30. The van der Waals surface area contributed by atoms with Gasteiger partial charge in [0.25, 0.3) is 0 Å². The molecule has 0 atom stereocenters. The van der Waals surface area contributed by atoms with E-state index in [0.717, 1.165) is 18.8 Å². The van der Waals surface area contributed by atoms with Crippen molar-refractivity contribution in [1.82, 2.24) is 10.2 Å². The largest absolute Gasteiger partial charge is 0.368 e. The number of nitrogens with one attached hydrogen (secondary N) is 2. The first-order valence-electron chi connectivity index (χ1n) is 4.95. The zero-order valence-electron chi connectivity index (χ0n) is 8.94. The summed E-state index contributed by atoms with van der Waals surface area (Å²) in [6, 6.07) is 0. The summed E-state index contributed by atoms with van der Waals surface area (Å²) in [7, 11) is 0. The summed E-state index contributed by atoms with van der Waals surface area (Å²) in [5, 5.41) is 10.6. The van der Waals surface area contributed by atoms with Gasteiger partial charge in [0.2, 0.25) is 0 Å². The Morgan fingerprint density at radius 3 is 2.62 bits per heavy atom. The number of hydrogen-bond donors (Lipinski definition) is 2. The van der Waals surface area contributed by atoms with Crippen LogP contribution in [-0.4, -0.2) is 16.7 Å². The van der Waals surface area contributed by atoms with Crippen molar-refractivity contribution in [2.24, 2.45) is 0 Å². The van der Waals surface area contributed by atoms with Crippen LogP contribution in [0.2, 0.25) is 0 Å². The van der Waals surface area contributed by atoms with Crippen molar-refractivity contribution in [2.75, 3.05) is 11.9 Å². The van der Waals surface area contributed by atoms with E-state index >= 15 is 0 Å². The van der Waals surface area contributed by atoms with Crippen LogP contribution in [0.15, 0.2) is 0 Å². The minimum atomic E-state index is 0.518. The van der Waals surface area contributed by atoms with Gasteiger partial charge in [-0.25, -0.2) is 0 Å². The quantitative estimate of drug-likeness (QED) is 0.749. The highest BCUT2D eigenvalue weighted by Gasteiger charge is 2.10. The van der Waals surface area contributed by atoms with Gasteiger partial charge < -0.3 is 5.32 Å². The molecule has 74 valence electrons. The zero-order chi connectivity index (χ0) is 9.84. The van der Waals surface area contributed by atoms with Gasteiger partial charge in [0.05, 0.1) is 0 Å². The van der Waals surface area contributed by atoms with E-state index in [1.165, 1.54) is 11.3 Å². The van der Waals surface area contributed by atoms with Crippen LogP contribution in [0.1, 0.15) is 44.4 Å². The van der Waals surface area contributed by atoms with Gasteiger partial charge in [0.1, 0.15) is 0 Å². The van der Waals surface area contributed by atoms with Crippen molar-refractivity contribution < 1.29 is 0 Å². The molecule has 1 heterocycles. The van der Waals surface area contributed by atoms with Crippen LogP contribution in [0, 0.1) is 6.92 Å². The molecule has 0 aliphatic rings. The summed E-state index contributed by atoms with van der Waals surface area (Å²) in [5.41, 5.74) is 2.49. The Labute approximate surface area is 79.9 Å². The second-order valence-corrected chi connectivity index (χ2v) is 3.69. The molecular formula is C10H19N3. The first kappa shape index (κ1) is 10.1. The molecule has 0 fully saturated rings. The third-order valence-corrected chi connectivity index (χ3v) is 2.17. The summed E-state index contributed by atoms with van der Waals surface area (Å²) in [6.45, 7) is 9.59. The van der Waals surface area contributed by atoms with Crippen molar-refractivity contribution in [2.45, 2.75) is 40.0 Å². The topological polar surface area (TPSA) is 40.7 Å². The number of H-pyrrole nitrogens is 1. The zero-order valence-corrected chi connectivity index (χ0v) is 8.94. The minimum absolute atomic E-state index is 0.518. The molecule has 3 heteroatoms. The van der Waals surface area contributed by atoms with Crippen LogP contribution < -0.4 is 5.32 Å². The molecule has 0 bridgehead atoms. The highest BCUT2D eigenvalue weighted by atomic mass is 15.2. The van der Waals surface area contributed by atoms with Crippen molar-refractivity contribution in [3.63, 3.8) is 0 Å². The highest BCUT2D eigenvalue weighted by molar-refractivity contribution is 5.46. The standard InChI is InChI=1S/C10H19N3/c1-5-6-11-10-8(4)9(7(2)3)12-13-10/h7H,5-6H2,1-4H3,(H2,11,12,13). The molecule has 1 rings (SSSR count). The fraction of sp³-hybridized carbons (Fsp3) is 0.700. The lowest BCUT2D eigenvalue weighted by molar-refractivity contribution is 0.804. The Balaban J connectivity index is 2.74. The fourth-order valence-corrected chi connectivity index (χ4v) is 1.39. The van der Waals surface area contributed by atoms with Crippen LogP contribution in [0.5, 0.6) is 0 Å². The molecule has 13 heavy (non-hydrogen) atoms. The van der Waals surface area contributed by atoms with Crippen molar-refractivity contribution >= 4 is 5.82 Å². The number of rotatable bonds is 4. The molecule has 0 aromatic carbocycles. The number of aromatic nitrogens is 2. The Hall–Kier alpha value is -0.990. The maximum atomic E-state index is 4.24. The molecule has 0 saturated carbocycles. The van der Waals surface area contributed by atoms with E-state index in [1.807, 2.05) is 0 Å². The van der Waals surface area contributed by atoms with E-state index in [0.29, 0.717) is 5.92 Å². The Morgan fingerprint density at radius 1 is 1.46 bits per heavy atom. The van der Waals surface area contributed by atoms with Gasteiger partial charge in [0, 0.05) is 17.8 Å². The molecule has 0 amide bonds. The summed E-state index contributed by atoms with van der Waals surface area (Å²) in [6.07, 6.45) is 1.13. The normalized spacial score (nSPS) is 10.8. The van der Waals surface area contributed by atoms with E-state index in [9.17, 15) is 0 Å². The monoisotopic (exact) mass is 181 g/mol. The van der Waals surface area contributed by atoms with E-state index in [2.05, 4.69) is 43.2 Å². The van der Waals surface area contributed by atoms with Crippen LogP contribution in [0.4, 0.5) is 5.82 Å². The van der Waals surface area contributed by atoms with Crippen LogP contribution in [0.25, 0.3) is 0 Å². The smallest absolute Gasteiger partial charge is 0.150 e. The maximum Gasteiger partial charge on any atom is 0.150 e. The minimum Gasteiger partial charge on any atom is -0.368 e. The molecule has 1 aromatic rings. The Morgan fingerprint density at radius 2 is 2.15 bits per heavy atom. The van der Waals surface area contributed by atoms with Crippen LogP contribution in [-0.2, 0) is 0 Å². The maximum absolute atomic E-state index is 4.24. The Kier molecular flexibility index (Phi) is 3.34. The molecule has 0 saturated heterocycles. The van der Waals surface area contributed by atoms with Gasteiger partial charge >= 0.3 is 0 Å². The average molecular weight is 181 g/mol. The predicted molar refractivity (Wildman–Crippen MR) is 56.2 cm³/mol. The predicted octanol–water partition coefficient (Wildman–Crippen LogP) is 2.66. The van der Waals surface area contributed by atoms with Gasteiger partial charge in [-0.15, -0.1) is 0 Å². The highest BCUT2D eigenvalue weighted by Crippen LogP contribution is 2.21. The van der Waals surface area contributed by atoms with Gasteiger partial charge in [-0.05, 0) is 19.3 Å². The number of hydrogen-bond acceptors (Lipinski definition) is 2. The average Bonchev–Trinajstić information content (AvgIpc) is 2.43. The lowest BCUT2D eigenvalue weighted by atomic mass is 10.1. The lowest BCUT2D eigenvalue weighted by Crippen LogP contribution is -2.01. The molecule has 2 N–H and O–H groups in total. The number of anilines is 1. The van der Waals surface area contributed by atoms with Crippen LogP contribution in [0.3, 0.4) is 0 Å². The molecule has 0 radical (unpaired) electrons. The summed E-state index contributed by atoms with van der Waals surface area (Å²) < 4.78 is 0. The van der Waals surface area contributed by atoms with Crippen LogP contribution >= 0.6 is 0 Å². The van der Waals surface area contributed by atoms with E-state index < -0.39 is 0 Å². The Bertz CT molecular complexity index is 263. The molecular weight excluding hydrogens is 162 g/mol. The van der Waals surface area contributed by atoms with Gasteiger partial charge in [-0.1, -0.05) is 20.8 Å². The summed E-state index contributed by atoms with van der Waals surface area (Å²) in [4.78, 5) is 0. The SMILES string of the molecule is CCCNc1n[nH]c(C(C)C)c1C. The third kappa shape index (κ3) is 2.23. The van der Waals surface area contributed by atoms with Crippen molar-refractivity contribution in [3.8, 4) is 0 Å². The molecule has 0 aliphatic heterocycles. The molecule has 0 unspecified atom stereocenters. The first-order chi connectivity index (χ1) is 6.16. The van der Waals surface area contributed by atoms with Crippen molar-refractivity contribution in [1.29, 1.82) is 0 Å². The molecule has 3 nitrogen and oxygen atoms in total. The fourth-order valence-electron chi connectivity index (χ4n) is 1.39. The molecule has 0 spiro atoms. The summed E-state index contributed by atoms with van der Waals surface area (Å²) >= 11 is 0. The molecule has 0 aliphatic carbocycles. The number of aromatic amines is 1. The third-order valence-electron chi connectivity index (χ3n) is 2.17. The van der Waals surface area contributed by atoms with E-state index in [1.54, 1.807) is 0 Å². The van der Waals surface area contributed by atoms with Gasteiger partial charge in [0.15, 0.2) is 5.82 Å². The first-order valence-corrected chi connectivity index (χ1v) is 4.95. The summed E-state index contributed by atoms with van der Waals surface area (Å²) in [5.74, 6) is 1.52. The number of nitrogens with zero attached hydrogens (tertiary/aromatic N) is 1. The van der Waals surface area contributed by atoms with E-state index in [-0.39, 0.29) is 0 Å².